The predicted octanol–water partition coefficient (Wildman–Crippen LogP) is 3.28. The van der Waals surface area contributed by atoms with Crippen molar-refractivity contribution in [3.8, 4) is 0 Å². The molecular formula is C15H19NO. The van der Waals surface area contributed by atoms with Crippen LogP contribution in [-0.4, -0.2) is 7.11 Å². The zero-order valence-electron chi connectivity index (χ0n) is 10.6. The SMILES string of the molecule is COC1(c2ccccc2C(C)C)C=CC=CN1. The number of hydrogen-bond donors (Lipinski definition) is 1. The van der Waals surface area contributed by atoms with Gasteiger partial charge in [-0.3, -0.25) is 0 Å². The van der Waals surface area contributed by atoms with Crippen LogP contribution in [0.3, 0.4) is 0 Å². The Balaban J connectivity index is 2.51. The van der Waals surface area contributed by atoms with Gasteiger partial charge in [0.05, 0.1) is 0 Å². The Morgan fingerprint density at radius 3 is 2.53 bits per heavy atom. The maximum Gasteiger partial charge on any atom is 0.184 e. The molecule has 1 aromatic rings. The second kappa shape index (κ2) is 4.76. The van der Waals surface area contributed by atoms with Gasteiger partial charge in [0.2, 0.25) is 0 Å². The van der Waals surface area contributed by atoms with E-state index in [0.717, 1.165) is 0 Å². The summed E-state index contributed by atoms with van der Waals surface area (Å²) in [7, 11) is 1.73. The van der Waals surface area contributed by atoms with Crippen LogP contribution in [0, 0.1) is 0 Å². The summed E-state index contributed by atoms with van der Waals surface area (Å²) in [5.41, 5.74) is 1.95. The Morgan fingerprint density at radius 1 is 1.18 bits per heavy atom. The average Bonchev–Trinajstić information content (AvgIpc) is 2.39. The van der Waals surface area contributed by atoms with Crippen LogP contribution < -0.4 is 5.32 Å². The first-order chi connectivity index (χ1) is 8.19. The van der Waals surface area contributed by atoms with Crippen LogP contribution in [0.1, 0.15) is 30.9 Å². The van der Waals surface area contributed by atoms with Crippen LogP contribution in [0.25, 0.3) is 0 Å². The first-order valence-corrected chi connectivity index (χ1v) is 5.96. The van der Waals surface area contributed by atoms with Gasteiger partial charge in [0.15, 0.2) is 5.72 Å². The molecule has 1 unspecified atom stereocenters. The lowest BCUT2D eigenvalue weighted by molar-refractivity contribution is 0.00831. The second-order valence-corrected chi connectivity index (χ2v) is 4.54. The fourth-order valence-corrected chi connectivity index (χ4v) is 2.21. The summed E-state index contributed by atoms with van der Waals surface area (Å²) in [6, 6.07) is 8.41. The predicted molar refractivity (Wildman–Crippen MR) is 70.6 cm³/mol. The van der Waals surface area contributed by atoms with Crippen molar-refractivity contribution in [1.82, 2.24) is 5.32 Å². The third-order valence-electron chi connectivity index (χ3n) is 3.14. The van der Waals surface area contributed by atoms with Gasteiger partial charge in [0.25, 0.3) is 0 Å². The number of rotatable bonds is 3. The van der Waals surface area contributed by atoms with E-state index in [4.69, 9.17) is 4.74 Å². The average molecular weight is 229 g/mol. The van der Waals surface area contributed by atoms with Gasteiger partial charge >= 0.3 is 0 Å². The van der Waals surface area contributed by atoms with Crippen molar-refractivity contribution in [2.75, 3.05) is 7.11 Å². The van der Waals surface area contributed by atoms with Gasteiger partial charge in [-0.2, -0.15) is 0 Å². The lowest BCUT2D eigenvalue weighted by Crippen LogP contribution is -2.41. The lowest BCUT2D eigenvalue weighted by Gasteiger charge is -2.34. The van der Waals surface area contributed by atoms with Crippen molar-refractivity contribution in [2.24, 2.45) is 0 Å². The second-order valence-electron chi connectivity index (χ2n) is 4.54. The Morgan fingerprint density at radius 2 is 1.94 bits per heavy atom. The minimum absolute atomic E-state index is 0.472. The third-order valence-corrected chi connectivity index (χ3v) is 3.14. The molecule has 0 saturated carbocycles. The number of hydrogen-bond acceptors (Lipinski definition) is 2. The van der Waals surface area contributed by atoms with Crippen LogP contribution in [-0.2, 0) is 10.5 Å². The van der Waals surface area contributed by atoms with Crippen molar-refractivity contribution in [3.05, 3.63) is 59.8 Å². The summed E-state index contributed by atoms with van der Waals surface area (Å²) in [4.78, 5) is 0. The smallest absolute Gasteiger partial charge is 0.184 e. The van der Waals surface area contributed by atoms with Crippen LogP contribution in [0.4, 0.5) is 0 Å². The Kier molecular flexibility index (Phi) is 3.34. The summed E-state index contributed by atoms with van der Waals surface area (Å²) < 4.78 is 5.71. The molecule has 0 saturated heterocycles. The molecule has 0 aliphatic carbocycles. The van der Waals surface area contributed by atoms with Gasteiger partial charge < -0.3 is 10.1 Å². The van der Waals surface area contributed by atoms with Crippen LogP contribution in [0.5, 0.6) is 0 Å². The molecule has 2 nitrogen and oxygen atoms in total. The third kappa shape index (κ3) is 2.13. The summed E-state index contributed by atoms with van der Waals surface area (Å²) in [5.74, 6) is 0.472. The summed E-state index contributed by atoms with van der Waals surface area (Å²) in [6.07, 6.45) is 7.95. The highest BCUT2D eigenvalue weighted by atomic mass is 16.5. The highest BCUT2D eigenvalue weighted by molar-refractivity contribution is 5.39. The van der Waals surface area contributed by atoms with E-state index in [9.17, 15) is 0 Å². The van der Waals surface area contributed by atoms with E-state index in [1.165, 1.54) is 11.1 Å². The molecule has 90 valence electrons. The van der Waals surface area contributed by atoms with Crippen molar-refractivity contribution in [2.45, 2.75) is 25.5 Å². The lowest BCUT2D eigenvalue weighted by atomic mass is 9.89. The standard InChI is InChI=1S/C15H19NO/c1-12(2)13-8-4-5-9-14(13)15(17-3)10-6-7-11-16-15/h4-12,16H,1-3H3. The number of nitrogens with one attached hydrogen (secondary N) is 1. The minimum Gasteiger partial charge on any atom is -0.357 e. The topological polar surface area (TPSA) is 21.3 Å². The summed E-state index contributed by atoms with van der Waals surface area (Å²) >= 11 is 0. The van der Waals surface area contributed by atoms with Crippen molar-refractivity contribution in [3.63, 3.8) is 0 Å². The minimum atomic E-state index is -0.532. The monoisotopic (exact) mass is 229 g/mol. The zero-order valence-corrected chi connectivity index (χ0v) is 10.6. The largest absolute Gasteiger partial charge is 0.357 e. The van der Waals surface area contributed by atoms with E-state index in [1.807, 2.05) is 24.4 Å². The first-order valence-electron chi connectivity index (χ1n) is 5.96. The molecule has 1 aliphatic heterocycles. The van der Waals surface area contributed by atoms with Crippen molar-refractivity contribution < 1.29 is 4.74 Å². The van der Waals surface area contributed by atoms with Crippen LogP contribution >= 0.6 is 0 Å². The number of allylic oxidation sites excluding steroid dienone is 2. The maximum absolute atomic E-state index is 5.71. The highest BCUT2D eigenvalue weighted by Gasteiger charge is 2.31. The van der Waals surface area contributed by atoms with Crippen molar-refractivity contribution in [1.29, 1.82) is 0 Å². The van der Waals surface area contributed by atoms with E-state index in [0.29, 0.717) is 5.92 Å². The Bertz CT molecular complexity index is 448. The van der Waals surface area contributed by atoms with E-state index in [-0.39, 0.29) is 0 Å². The quantitative estimate of drug-likeness (QED) is 0.858. The normalized spacial score (nSPS) is 22.8. The van der Waals surface area contributed by atoms with E-state index < -0.39 is 5.72 Å². The van der Waals surface area contributed by atoms with Gasteiger partial charge in [-0.1, -0.05) is 44.2 Å². The molecule has 1 N–H and O–H groups in total. The maximum atomic E-state index is 5.71. The molecule has 0 radical (unpaired) electrons. The number of methoxy groups -OCH3 is 1. The number of benzene rings is 1. The molecule has 1 aliphatic rings. The van der Waals surface area contributed by atoms with Crippen molar-refractivity contribution >= 4 is 0 Å². The van der Waals surface area contributed by atoms with Gasteiger partial charge in [-0.15, -0.1) is 0 Å². The summed E-state index contributed by atoms with van der Waals surface area (Å²) in [6.45, 7) is 4.40. The molecule has 17 heavy (non-hydrogen) atoms. The Labute approximate surface area is 103 Å². The van der Waals surface area contributed by atoms with E-state index in [1.54, 1.807) is 7.11 Å². The Hall–Kier alpha value is -1.54. The van der Waals surface area contributed by atoms with E-state index in [2.05, 4.69) is 43.4 Å². The number of dihydropyridines is 1. The van der Waals surface area contributed by atoms with Crippen LogP contribution in [0.2, 0.25) is 0 Å². The molecular weight excluding hydrogens is 210 g/mol. The molecule has 2 heteroatoms. The highest BCUT2D eigenvalue weighted by Crippen LogP contribution is 2.32. The van der Waals surface area contributed by atoms with Crippen LogP contribution in [0.15, 0.2) is 48.7 Å². The van der Waals surface area contributed by atoms with E-state index >= 15 is 0 Å². The van der Waals surface area contributed by atoms with Gasteiger partial charge in [-0.25, -0.2) is 0 Å². The molecule has 0 spiro atoms. The number of ether oxygens (including phenoxy) is 1. The molecule has 1 atom stereocenters. The molecule has 0 bridgehead atoms. The fourth-order valence-electron chi connectivity index (χ4n) is 2.21. The molecule has 0 fully saturated rings. The van der Waals surface area contributed by atoms with Gasteiger partial charge in [-0.05, 0) is 29.8 Å². The summed E-state index contributed by atoms with van der Waals surface area (Å²) in [5, 5.41) is 3.30. The molecule has 0 amide bonds. The molecule has 1 aromatic carbocycles. The van der Waals surface area contributed by atoms with Gasteiger partial charge in [0.1, 0.15) is 0 Å². The first kappa shape index (κ1) is 11.9. The fraction of sp³-hybridized carbons (Fsp3) is 0.333. The molecule has 2 rings (SSSR count). The van der Waals surface area contributed by atoms with Gasteiger partial charge in [0, 0.05) is 12.7 Å². The molecule has 0 aromatic heterocycles. The molecule has 1 heterocycles. The zero-order chi connectivity index (χ0) is 12.3.